The number of nitro groups is 1. The molecule has 0 heterocycles. The number of esters is 1. The molecule has 0 saturated heterocycles. The van der Waals surface area contributed by atoms with Crippen molar-refractivity contribution >= 4 is 23.3 Å². The fourth-order valence-electron chi connectivity index (χ4n) is 1.42. The Hall–Kier alpha value is -1.82. The van der Waals surface area contributed by atoms with Crippen LogP contribution in [0.3, 0.4) is 0 Å². The van der Waals surface area contributed by atoms with Crippen LogP contribution < -0.4 is 4.74 Å². The third kappa shape index (κ3) is 2.89. The molecule has 7 heteroatoms. The molecule has 0 spiro atoms. The summed E-state index contributed by atoms with van der Waals surface area (Å²) in [6.07, 6.45) is 0. The molecule has 0 saturated carbocycles. The van der Waals surface area contributed by atoms with Crippen LogP contribution in [0.1, 0.15) is 22.8 Å². The maximum atomic E-state index is 11.6. The van der Waals surface area contributed by atoms with Crippen molar-refractivity contribution in [1.82, 2.24) is 0 Å². The van der Waals surface area contributed by atoms with Crippen molar-refractivity contribution in [2.45, 2.75) is 12.8 Å². The van der Waals surface area contributed by atoms with Crippen molar-refractivity contribution in [2.75, 3.05) is 13.7 Å². The van der Waals surface area contributed by atoms with Gasteiger partial charge in [-0.25, -0.2) is 4.79 Å². The monoisotopic (exact) mass is 273 g/mol. The topological polar surface area (TPSA) is 78.7 Å². The molecule has 0 bridgehead atoms. The van der Waals surface area contributed by atoms with Gasteiger partial charge < -0.3 is 9.47 Å². The molecule has 98 valence electrons. The number of nitrogens with zero attached hydrogens (tertiary/aromatic N) is 1. The third-order valence-corrected chi connectivity index (χ3v) is 2.52. The average molecular weight is 274 g/mol. The fraction of sp³-hybridized carbons (Fsp3) is 0.364. The summed E-state index contributed by atoms with van der Waals surface area (Å²) in [4.78, 5) is 21.9. The number of rotatable bonds is 5. The van der Waals surface area contributed by atoms with Crippen molar-refractivity contribution in [3.8, 4) is 5.75 Å². The van der Waals surface area contributed by atoms with Crippen molar-refractivity contribution in [3.63, 3.8) is 0 Å². The molecule has 0 unspecified atom stereocenters. The predicted molar refractivity (Wildman–Crippen MR) is 65.2 cm³/mol. The van der Waals surface area contributed by atoms with Gasteiger partial charge in [-0.3, -0.25) is 10.1 Å². The Labute approximate surface area is 109 Å². The van der Waals surface area contributed by atoms with Gasteiger partial charge in [-0.1, -0.05) is 0 Å². The summed E-state index contributed by atoms with van der Waals surface area (Å²) in [7, 11) is 1.36. The fourth-order valence-corrected chi connectivity index (χ4v) is 1.64. The van der Waals surface area contributed by atoms with Gasteiger partial charge in [-0.15, -0.1) is 11.6 Å². The van der Waals surface area contributed by atoms with Crippen LogP contribution in [0.25, 0.3) is 0 Å². The summed E-state index contributed by atoms with van der Waals surface area (Å²) in [5.41, 5.74) is 0.0698. The first-order valence-corrected chi connectivity index (χ1v) is 5.67. The Morgan fingerprint density at radius 1 is 1.50 bits per heavy atom. The first kappa shape index (κ1) is 14.2. The number of nitro benzene ring substituents is 1. The number of ether oxygens (including phenoxy) is 2. The summed E-state index contributed by atoms with van der Waals surface area (Å²) < 4.78 is 9.81. The van der Waals surface area contributed by atoms with Gasteiger partial charge in [-0.05, 0) is 13.0 Å². The van der Waals surface area contributed by atoms with E-state index in [0.29, 0.717) is 0 Å². The number of methoxy groups -OCH3 is 1. The Morgan fingerprint density at radius 3 is 2.61 bits per heavy atom. The van der Waals surface area contributed by atoms with E-state index in [9.17, 15) is 14.9 Å². The van der Waals surface area contributed by atoms with Gasteiger partial charge in [-0.2, -0.15) is 0 Å². The molecular formula is C11H12ClNO5. The number of halogens is 1. The largest absolute Gasteiger partial charge is 0.496 e. The summed E-state index contributed by atoms with van der Waals surface area (Å²) in [6, 6.07) is 2.49. The molecule has 6 nitrogen and oxygen atoms in total. The lowest BCUT2D eigenvalue weighted by Gasteiger charge is -2.09. The van der Waals surface area contributed by atoms with Crippen LogP contribution in [-0.2, 0) is 10.6 Å². The van der Waals surface area contributed by atoms with Gasteiger partial charge in [0.15, 0.2) is 0 Å². The molecule has 0 atom stereocenters. The van der Waals surface area contributed by atoms with E-state index in [1.54, 1.807) is 6.92 Å². The van der Waals surface area contributed by atoms with E-state index in [-0.39, 0.29) is 35.1 Å². The lowest BCUT2D eigenvalue weighted by Crippen LogP contribution is -2.08. The van der Waals surface area contributed by atoms with Gasteiger partial charge in [0.05, 0.1) is 24.5 Å². The van der Waals surface area contributed by atoms with Crippen LogP contribution in [0.4, 0.5) is 5.69 Å². The van der Waals surface area contributed by atoms with Crippen LogP contribution in [0.15, 0.2) is 12.1 Å². The number of hydrogen-bond acceptors (Lipinski definition) is 5. The van der Waals surface area contributed by atoms with Crippen molar-refractivity contribution in [3.05, 3.63) is 33.4 Å². The quantitative estimate of drug-likeness (QED) is 0.356. The summed E-state index contributed by atoms with van der Waals surface area (Å²) in [5, 5.41) is 10.9. The number of alkyl halides is 1. The molecule has 0 aliphatic heterocycles. The molecule has 0 radical (unpaired) electrons. The maximum absolute atomic E-state index is 11.6. The molecule has 0 fully saturated rings. The third-order valence-electron chi connectivity index (χ3n) is 2.24. The van der Waals surface area contributed by atoms with Crippen molar-refractivity contribution in [2.24, 2.45) is 0 Å². The van der Waals surface area contributed by atoms with E-state index >= 15 is 0 Å². The molecule has 1 aromatic rings. The molecule has 0 amide bonds. The van der Waals surface area contributed by atoms with Crippen molar-refractivity contribution < 1.29 is 19.2 Å². The zero-order chi connectivity index (χ0) is 13.7. The van der Waals surface area contributed by atoms with E-state index in [0.717, 1.165) is 6.07 Å². The first-order valence-electron chi connectivity index (χ1n) is 5.13. The second-order valence-electron chi connectivity index (χ2n) is 3.29. The van der Waals surface area contributed by atoms with Crippen LogP contribution >= 0.6 is 11.6 Å². The van der Waals surface area contributed by atoms with Crippen LogP contribution in [-0.4, -0.2) is 24.6 Å². The molecule has 0 N–H and O–H groups in total. The highest BCUT2D eigenvalue weighted by Crippen LogP contribution is 2.30. The van der Waals surface area contributed by atoms with Crippen LogP contribution in [0.5, 0.6) is 5.75 Å². The van der Waals surface area contributed by atoms with Crippen LogP contribution in [0, 0.1) is 10.1 Å². The number of carbonyl (C=O) groups is 1. The number of hydrogen-bond donors (Lipinski definition) is 0. The molecule has 1 aromatic carbocycles. The average Bonchev–Trinajstić information content (AvgIpc) is 2.37. The summed E-state index contributed by atoms with van der Waals surface area (Å²) in [5.74, 6) is -0.510. The first-order chi connectivity index (χ1) is 8.54. The zero-order valence-corrected chi connectivity index (χ0v) is 10.7. The molecular weight excluding hydrogens is 262 g/mol. The second kappa shape index (κ2) is 6.20. The Kier molecular flexibility index (Phi) is 4.91. The number of carbonyl (C=O) groups excluding carboxylic acids is 1. The van der Waals surface area contributed by atoms with Crippen LogP contribution in [0.2, 0.25) is 0 Å². The summed E-state index contributed by atoms with van der Waals surface area (Å²) >= 11 is 5.62. The van der Waals surface area contributed by atoms with Crippen molar-refractivity contribution in [1.29, 1.82) is 0 Å². The Balaban J connectivity index is 3.36. The molecule has 0 aromatic heterocycles. The minimum absolute atomic E-state index is 0.0138. The molecule has 1 rings (SSSR count). The minimum Gasteiger partial charge on any atom is -0.496 e. The van der Waals surface area contributed by atoms with E-state index in [1.807, 2.05) is 0 Å². The van der Waals surface area contributed by atoms with Gasteiger partial charge in [0.2, 0.25) is 0 Å². The Morgan fingerprint density at radius 2 is 2.17 bits per heavy atom. The van der Waals surface area contributed by atoms with E-state index in [1.165, 1.54) is 13.2 Å². The van der Waals surface area contributed by atoms with E-state index in [2.05, 4.69) is 0 Å². The highest BCUT2D eigenvalue weighted by Gasteiger charge is 2.22. The molecule has 0 aliphatic rings. The SMILES string of the molecule is CCOC(=O)c1cc([N+](=O)[O-])c(CCl)cc1OC. The zero-order valence-electron chi connectivity index (χ0n) is 9.94. The maximum Gasteiger partial charge on any atom is 0.342 e. The normalized spacial score (nSPS) is 9.94. The smallest absolute Gasteiger partial charge is 0.342 e. The minimum atomic E-state index is -0.668. The lowest BCUT2D eigenvalue weighted by molar-refractivity contribution is -0.385. The highest BCUT2D eigenvalue weighted by molar-refractivity contribution is 6.17. The van der Waals surface area contributed by atoms with Gasteiger partial charge in [0.1, 0.15) is 11.3 Å². The van der Waals surface area contributed by atoms with Gasteiger partial charge >= 0.3 is 5.97 Å². The molecule has 18 heavy (non-hydrogen) atoms. The second-order valence-corrected chi connectivity index (χ2v) is 3.56. The van der Waals surface area contributed by atoms with E-state index < -0.39 is 10.9 Å². The molecule has 0 aliphatic carbocycles. The highest BCUT2D eigenvalue weighted by atomic mass is 35.5. The van der Waals surface area contributed by atoms with Gasteiger partial charge in [0.25, 0.3) is 5.69 Å². The standard InChI is InChI=1S/C11H12ClNO5/c1-3-18-11(14)8-5-9(13(15)16)7(6-12)4-10(8)17-2/h4-5H,3,6H2,1-2H3. The predicted octanol–water partition coefficient (Wildman–Crippen LogP) is 2.52. The van der Waals surface area contributed by atoms with E-state index in [4.69, 9.17) is 21.1 Å². The van der Waals surface area contributed by atoms with Gasteiger partial charge in [0, 0.05) is 11.6 Å². The number of benzene rings is 1. The summed E-state index contributed by atoms with van der Waals surface area (Å²) in [6.45, 7) is 1.82. The Bertz CT molecular complexity index is 475. The lowest BCUT2D eigenvalue weighted by atomic mass is 10.1.